The molecule has 0 saturated carbocycles. The number of rotatable bonds is 13. The van der Waals surface area contributed by atoms with Crippen molar-refractivity contribution in [3.63, 3.8) is 0 Å². The predicted molar refractivity (Wildman–Crippen MR) is 166 cm³/mol. The Morgan fingerprint density at radius 2 is 1.04 bits per heavy atom. The lowest BCUT2D eigenvalue weighted by Gasteiger charge is -2.23. The average Bonchev–Trinajstić information content (AvgIpc) is 3.80. The van der Waals surface area contributed by atoms with E-state index < -0.39 is 54.7 Å². The van der Waals surface area contributed by atoms with Crippen LogP contribution in [0.25, 0.3) is 22.3 Å². The van der Waals surface area contributed by atoms with Crippen molar-refractivity contribution in [3.8, 4) is 0 Å². The summed E-state index contributed by atoms with van der Waals surface area (Å²) in [5, 5.41) is 0. The normalized spacial score (nSPS) is 26.0. The predicted octanol–water partition coefficient (Wildman–Crippen LogP) is 2.21. The van der Waals surface area contributed by atoms with Gasteiger partial charge in [-0.3, -0.25) is 9.13 Å². The van der Waals surface area contributed by atoms with Gasteiger partial charge in [0.2, 0.25) is 0 Å². The molecule has 0 saturated heterocycles. The number of anilines is 2. The van der Waals surface area contributed by atoms with E-state index in [2.05, 4.69) is 38.5 Å². The highest BCUT2D eigenvalue weighted by molar-refractivity contribution is 8.28. The minimum atomic E-state index is -6.07. The van der Waals surface area contributed by atoms with E-state index in [1.807, 2.05) is 0 Å². The molecule has 0 aromatic carbocycles. The molecular weight excluding hydrogens is 720 g/mol. The van der Waals surface area contributed by atoms with Crippen LogP contribution in [0.1, 0.15) is 24.9 Å². The Morgan fingerprint density at radius 1 is 0.646 bits per heavy atom. The number of nitrogens with two attached hydrogens (primary N) is 2. The van der Waals surface area contributed by atoms with E-state index in [0.717, 1.165) is 0 Å². The summed E-state index contributed by atoms with van der Waals surface area (Å²) >= 11 is 0. The van der Waals surface area contributed by atoms with Crippen LogP contribution in [0.3, 0.4) is 0 Å². The third-order valence-electron chi connectivity index (χ3n) is 7.22. The second-order valence-corrected chi connectivity index (χ2v) is 20.0. The zero-order valence-electron chi connectivity index (χ0n) is 24.3. The summed E-state index contributed by atoms with van der Waals surface area (Å²) in [4.78, 5) is 64.9. The quantitative estimate of drug-likeness (QED) is 0.0843. The van der Waals surface area contributed by atoms with Gasteiger partial charge < -0.3 is 49.6 Å². The van der Waals surface area contributed by atoms with E-state index in [1.54, 1.807) is 33.4 Å². The fourth-order valence-electron chi connectivity index (χ4n) is 5.03. The van der Waals surface area contributed by atoms with Gasteiger partial charge in [0.15, 0.2) is 22.9 Å². The van der Waals surface area contributed by atoms with Crippen LogP contribution < -0.4 is 11.5 Å². The molecule has 4 aromatic rings. The molecule has 2 aliphatic rings. The molecule has 8 N–H and O–H groups in total. The highest BCUT2D eigenvalue weighted by Gasteiger charge is 2.53. The average molecular weight is 748 g/mol. The number of allylic oxidation sites excluding steroid dienone is 2. The summed E-state index contributed by atoms with van der Waals surface area (Å²) in [5.74, 6) is 0.357. The van der Waals surface area contributed by atoms with Crippen molar-refractivity contribution in [1.82, 2.24) is 39.0 Å². The molecule has 26 heteroatoms. The molecule has 0 aliphatic heterocycles. The van der Waals surface area contributed by atoms with Crippen molar-refractivity contribution in [2.24, 2.45) is 0 Å². The minimum absolute atomic E-state index is 0.179. The first kappa shape index (κ1) is 34.6. The van der Waals surface area contributed by atoms with E-state index in [4.69, 9.17) is 20.9 Å². The highest BCUT2D eigenvalue weighted by Crippen LogP contribution is 2.85. The Bertz CT molecular complexity index is 1970. The topological polar surface area (TPSA) is 325 Å². The van der Waals surface area contributed by atoms with Crippen LogP contribution in [0.2, 0.25) is 0 Å². The van der Waals surface area contributed by atoms with Crippen LogP contribution in [0.4, 0.5) is 11.6 Å². The van der Waals surface area contributed by atoms with E-state index in [-0.39, 0.29) is 36.6 Å². The third-order valence-corrected chi connectivity index (χ3v) is 15.8. The Morgan fingerprint density at radius 3 is 1.44 bits per heavy atom. The molecule has 48 heavy (non-hydrogen) atoms. The van der Waals surface area contributed by atoms with Gasteiger partial charge in [0.05, 0.1) is 36.9 Å². The number of imidazole rings is 2. The maximum Gasteiger partial charge on any atom is 0.446 e. The third kappa shape index (κ3) is 7.21. The lowest BCUT2D eigenvalue weighted by molar-refractivity contribution is 0.102. The summed E-state index contributed by atoms with van der Waals surface area (Å²) in [6, 6.07) is -0.705. The number of nitrogen functional groups attached to an aromatic ring is 2. The van der Waals surface area contributed by atoms with Crippen molar-refractivity contribution in [1.29, 1.82) is 0 Å². The van der Waals surface area contributed by atoms with Crippen LogP contribution in [-0.2, 0) is 36.4 Å². The monoisotopic (exact) mass is 748 g/mol. The molecule has 2 aliphatic carbocycles. The van der Waals surface area contributed by atoms with Gasteiger partial charge in [0, 0.05) is 12.8 Å². The summed E-state index contributed by atoms with van der Waals surface area (Å²) in [6.45, 7) is 0. The zero-order chi connectivity index (χ0) is 34.5. The second kappa shape index (κ2) is 12.9. The first-order chi connectivity index (χ1) is 22.5. The molecule has 4 heterocycles. The SMILES string of the molecule is Nc1ncnc2c1ncn2C1C=CC(OCP(=O)(O)OP(=O)(O)P(=O)(O)OP(=O)(O)COC2C=CC(n3cnc4c(N)ncnc43)C2)C1. The van der Waals surface area contributed by atoms with Crippen LogP contribution in [0.15, 0.2) is 49.6 Å². The van der Waals surface area contributed by atoms with Crippen LogP contribution >= 0.6 is 29.8 Å². The maximum atomic E-state index is 12.6. The van der Waals surface area contributed by atoms with Gasteiger partial charge in [-0.1, -0.05) is 24.3 Å². The number of aromatic nitrogens is 8. The molecule has 0 amide bonds. The highest BCUT2D eigenvalue weighted by atomic mass is 32.1. The second-order valence-electron chi connectivity index (χ2n) is 10.6. The Balaban J connectivity index is 0.996. The van der Waals surface area contributed by atoms with Gasteiger partial charge >= 0.3 is 29.8 Å². The molecule has 8 unspecified atom stereocenters. The Labute approximate surface area is 269 Å². The van der Waals surface area contributed by atoms with E-state index in [0.29, 0.717) is 22.3 Å². The zero-order valence-corrected chi connectivity index (χ0v) is 27.9. The summed E-state index contributed by atoms with van der Waals surface area (Å²) < 4.78 is 72.8. The lowest BCUT2D eigenvalue weighted by atomic mass is 10.2. The molecule has 22 nitrogen and oxygen atoms in total. The van der Waals surface area contributed by atoms with Crippen LogP contribution in [-0.4, -0.2) is 83.5 Å². The Hall–Kier alpha value is -3.22. The number of ether oxygens (including phenoxy) is 2. The van der Waals surface area contributed by atoms with Gasteiger partial charge in [0.1, 0.15) is 36.4 Å². The smallest absolute Gasteiger partial charge is 0.382 e. The fraction of sp³-hybridized carbons (Fsp3) is 0.364. The number of hydrogen-bond donors (Lipinski definition) is 6. The molecule has 258 valence electrons. The molecule has 4 aromatic heterocycles. The number of nitrogens with zero attached hydrogens (tertiary/aromatic N) is 8. The largest absolute Gasteiger partial charge is 0.446 e. The van der Waals surface area contributed by atoms with Gasteiger partial charge in [-0.15, -0.1) is 0 Å². The number of fused-ring (bicyclic) bond motifs is 2. The van der Waals surface area contributed by atoms with E-state index in [9.17, 15) is 37.8 Å². The van der Waals surface area contributed by atoms with Gasteiger partial charge in [-0.25, -0.2) is 47.7 Å². The van der Waals surface area contributed by atoms with E-state index in [1.165, 1.54) is 25.3 Å². The van der Waals surface area contributed by atoms with Crippen LogP contribution in [0, 0.1) is 0 Å². The summed E-state index contributed by atoms with van der Waals surface area (Å²) in [6.07, 6.45) is 8.50. The summed E-state index contributed by atoms with van der Waals surface area (Å²) in [7, 11) is -22.6. The molecule has 0 bridgehead atoms. The van der Waals surface area contributed by atoms with Crippen LogP contribution in [0.5, 0.6) is 0 Å². The summed E-state index contributed by atoms with van der Waals surface area (Å²) in [5.41, 5.74) is 13.2. The molecule has 0 radical (unpaired) electrons. The maximum absolute atomic E-state index is 12.6. The molecule has 0 fully saturated rings. The first-order valence-corrected chi connectivity index (χ1v) is 21.1. The van der Waals surface area contributed by atoms with Gasteiger partial charge in [0.25, 0.3) is 0 Å². The lowest BCUT2D eigenvalue weighted by Crippen LogP contribution is -2.13. The molecule has 8 atom stereocenters. The molecule has 0 spiro atoms. The van der Waals surface area contributed by atoms with Gasteiger partial charge in [-0.2, -0.15) is 0 Å². The van der Waals surface area contributed by atoms with Gasteiger partial charge in [-0.05, 0) is 0 Å². The van der Waals surface area contributed by atoms with Crippen molar-refractivity contribution in [2.45, 2.75) is 37.1 Å². The molecule has 6 rings (SSSR count). The van der Waals surface area contributed by atoms with E-state index >= 15 is 0 Å². The van der Waals surface area contributed by atoms with Crippen molar-refractivity contribution >= 4 is 63.7 Å². The number of hydrogen-bond acceptors (Lipinski definition) is 16. The van der Waals surface area contributed by atoms with Crippen molar-refractivity contribution in [3.05, 3.63) is 49.6 Å². The minimum Gasteiger partial charge on any atom is -0.382 e. The fourth-order valence-corrected chi connectivity index (χ4v) is 13.3. The Kier molecular flexibility index (Phi) is 9.32. The standard InChI is InChI=1S/C22H28N10O12P4/c23-19-17-21(27-7-25-19)31(9-29-17)13-1-3-15(5-13)41-11-45(33,34)43-47(37,38)48(39,40)44-46(35,36)12-42-16-4-2-14(6-16)32-10-30-18-20(24)26-8-28-22(18)32/h1-4,7-10,13-16H,5-6,11-12H2,(H,33,34)(H,35,36)(H,37,38)(H,39,40)(H2,23,25,27)(H2,24,26,28). The van der Waals surface area contributed by atoms with Crippen molar-refractivity contribution in [2.75, 3.05) is 24.2 Å². The van der Waals surface area contributed by atoms with Crippen molar-refractivity contribution < 1.29 is 55.9 Å². The first-order valence-electron chi connectivity index (χ1n) is 13.7. The molecular formula is C22H28N10O12P4.